The summed E-state index contributed by atoms with van der Waals surface area (Å²) >= 11 is 4.30. The number of hydrogen-bond acceptors (Lipinski definition) is 3. The minimum Gasteiger partial charge on any atom is -0.459 e. The molecule has 3 rings (SSSR count). The molecule has 100 valence electrons. The Morgan fingerprint density at radius 3 is 2.60 bits per heavy atom. The van der Waals surface area contributed by atoms with Crippen molar-refractivity contribution in [3.8, 4) is 5.75 Å². The molecule has 1 amide bonds. The van der Waals surface area contributed by atoms with Gasteiger partial charge in [-0.15, -0.1) is 12.6 Å². The minimum atomic E-state index is -0.583. The van der Waals surface area contributed by atoms with Gasteiger partial charge in [0.15, 0.2) is 0 Å². The molecule has 4 heteroatoms. The maximum atomic E-state index is 12.3. The minimum absolute atomic E-state index is 0.154. The third-order valence-electron chi connectivity index (χ3n) is 3.03. The molecule has 20 heavy (non-hydrogen) atoms. The number of rotatable bonds is 2. The molecule has 1 atom stereocenters. The second-order valence-corrected chi connectivity index (χ2v) is 4.81. The summed E-state index contributed by atoms with van der Waals surface area (Å²) < 4.78 is 5.53. The molecule has 1 unspecified atom stereocenters. The van der Waals surface area contributed by atoms with Crippen LogP contribution in [0.2, 0.25) is 0 Å². The zero-order valence-corrected chi connectivity index (χ0v) is 11.5. The number of benzene rings is 2. The van der Waals surface area contributed by atoms with E-state index in [0.29, 0.717) is 5.75 Å². The highest BCUT2D eigenvalue weighted by molar-refractivity contribution is 7.81. The van der Waals surface area contributed by atoms with Crippen molar-refractivity contribution >= 4 is 30.3 Å². The molecule has 1 aliphatic rings. The number of fused-ring (bicyclic) bond motifs is 1. The van der Waals surface area contributed by atoms with Crippen LogP contribution in [0.3, 0.4) is 0 Å². The molecule has 2 aromatic carbocycles. The lowest BCUT2D eigenvalue weighted by Crippen LogP contribution is -2.34. The van der Waals surface area contributed by atoms with Crippen molar-refractivity contribution in [1.29, 1.82) is 0 Å². The maximum absolute atomic E-state index is 12.3. The maximum Gasteiger partial charge on any atom is 0.254 e. The van der Waals surface area contributed by atoms with Gasteiger partial charge in [0, 0.05) is 6.08 Å². The van der Waals surface area contributed by atoms with Gasteiger partial charge in [0.05, 0.1) is 5.69 Å². The molecule has 0 N–H and O–H groups in total. The van der Waals surface area contributed by atoms with Gasteiger partial charge in [-0.05, 0) is 23.8 Å². The fourth-order valence-electron chi connectivity index (χ4n) is 2.08. The first-order valence-electron chi connectivity index (χ1n) is 6.26. The van der Waals surface area contributed by atoms with Gasteiger partial charge in [-0.25, -0.2) is 0 Å². The molecule has 1 heterocycles. The van der Waals surface area contributed by atoms with Crippen molar-refractivity contribution in [2.45, 2.75) is 5.56 Å². The van der Waals surface area contributed by atoms with Crippen LogP contribution in [-0.2, 0) is 4.79 Å². The lowest BCUT2D eigenvalue weighted by molar-refractivity contribution is -0.114. The average Bonchev–Trinajstić information content (AvgIpc) is 2.82. The van der Waals surface area contributed by atoms with Crippen molar-refractivity contribution in [1.82, 2.24) is 0 Å². The van der Waals surface area contributed by atoms with Crippen LogP contribution in [0.5, 0.6) is 5.75 Å². The molecule has 0 bridgehead atoms. The van der Waals surface area contributed by atoms with Crippen LogP contribution in [0.1, 0.15) is 5.56 Å². The third kappa shape index (κ3) is 2.42. The fourth-order valence-corrected chi connectivity index (χ4v) is 2.43. The standard InChI is InChI=1S/C16H13NO2S/c18-15(11-10-12-6-2-1-3-7-12)17-13-8-4-5-9-14(13)19-16(17)20/h1-11,16,20H/b11-10+. The number of carbonyl (C=O) groups is 1. The zero-order valence-electron chi connectivity index (χ0n) is 10.6. The van der Waals surface area contributed by atoms with E-state index in [9.17, 15) is 4.79 Å². The number of hydrogen-bond donors (Lipinski definition) is 1. The average molecular weight is 283 g/mol. The molecule has 0 fully saturated rings. The van der Waals surface area contributed by atoms with E-state index in [2.05, 4.69) is 12.6 Å². The topological polar surface area (TPSA) is 29.5 Å². The molecular formula is C16H13NO2S. The van der Waals surface area contributed by atoms with E-state index in [0.717, 1.165) is 11.3 Å². The number of nitrogens with zero attached hydrogens (tertiary/aromatic N) is 1. The molecule has 0 saturated carbocycles. The monoisotopic (exact) mass is 283 g/mol. The van der Waals surface area contributed by atoms with E-state index in [1.165, 1.54) is 11.0 Å². The third-order valence-corrected chi connectivity index (χ3v) is 3.37. The second-order valence-electron chi connectivity index (χ2n) is 4.36. The first-order valence-corrected chi connectivity index (χ1v) is 6.77. The summed E-state index contributed by atoms with van der Waals surface area (Å²) in [6.45, 7) is 0. The van der Waals surface area contributed by atoms with Crippen LogP contribution >= 0.6 is 12.6 Å². The van der Waals surface area contributed by atoms with E-state index in [1.54, 1.807) is 6.08 Å². The van der Waals surface area contributed by atoms with Gasteiger partial charge in [-0.2, -0.15) is 0 Å². The van der Waals surface area contributed by atoms with Crippen LogP contribution < -0.4 is 9.64 Å². The van der Waals surface area contributed by atoms with Gasteiger partial charge < -0.3 is 4.74 Å². The summed E-state index contributed by atoms with van der Waals surface area (Å²) in [4.78, 5) is 13.8. The Morgan fingerprint density at radius 1 is 1.10 bits per heavy atom. The molecule has 1 aliphatic heterocycles. The van der Waals surface area contributed by atoms with Crippen LogP contribution in [0.4, 0.5) is 5.69 Å². The zero-order chi connectivity index (χ0) is 13.9. The van der Waals surface area contributed by atoms with Crippen molar-refractivity contribution < 1.29 is 9.53 Å². The highest BCUT2D eigenvalue weighted by Crippen LogP contribution is 2.38. The number of amides is 1. The Balaban J connectivity index is 1.83. The van der Waals surface area contributed by atoms with E-state index in [-0.39, 0.29) is 5.91 Å². The first-order chi connectivity index (χ1) is 9.75. The largest absolute Gasteiger partial charge is 0.459 e. The predicted octanol–water partition coefficient (Wildman–Crippen LogP) is 3.34. The summed E-state index contributed by atoms with van der Waals surface area (Å²) in [6, 6.07) is 17.1. The highest BCUT2D eigenvalue weighted by Gasteiger charge is 2.31. The molecular weight excluding hydrogens is 270 g/mol. The lowest BCUT2D eigenvalue weighted by Gasteiger charge is -2.17. The Kier molecular flexibility index (Phi) is 3.48. The van der Waals surface area contributed by atoms with E-state index >= 15 is 0 Å². The van der Waals surface area contributed by atoms with Gasteiger partial charge in [-0.3, -0.25) is 9.69 Å². The Morgan fingerprint density at radius 2 is 1.80 bits per heavy atom. The van der Waals surface area contributed by atoms with Gasteiger partial charge in [0.1, 0.15) is 5.75 Å². The van der Waals surface area contributed by atoms with Crippen LogP contribution in [0.25, 0.3) is 6.08 Å². The van der Waals surface area contributed by atoms with Gasteiger partial charge in [0.2, 0.25) is 5.56 Å². The lowest BCUT2D eigenvalue weighted by atomic mass is 10.2. The van der Waals surface area contributed by atoms with Crippen molar-refractivity contribution in [3.05, 3.63) is 66.2 Å². The van der Waals surface area contributed by atoms with Crippen molar-refractivity contribution in [3.63, 3.8) is 0 Å². The Hall–Kier alpha value is -2.20. The summed E-state index contributed by atoms with van der Waals surface area (Å²) in [7, 11) is 0. The number of ether oxygens (including phenoxy) is 1. The Bertz CT molecular complexity index is 655. The molecule has 0 aromatic heterocycles. The SMILES string of the molecule is O=C(/C=C/c1ccccc1)N1c2ccccc2OC1S. The molecule has 2 aromatic rings. The number of carbonyl (C=O) groups excluding carboxylic acids is 1. The van der Waals surface area contributed by atoms with Crippen LogP contribution in [0.15, 0.2) is 60.7 Å². The smallest absolute Gasteiger partial charge is 0.254 e. The van der Waals surface area contributed by atoms with Crippen LogP contribution in [0, 0.1) is 0 Å². The normalized spacial score (nSPS) is 17.1. The van der Waals surface area contributed by atoms with E-state index in [4.69, 9.17) is 4.74 Å². The summed E-state index contributed by atoms with van der Waals surface area (Å²) in [6.07, 6.45) is 3.31. The predicted molar refractivity (Wildman–Crippen MR) is 82.8 cm³/mol. The molecule has 0 radical (unpaired) electrons. The second kappa shape index (κ2) is 5.43. The molecule has 3 nitrogen and oxygen atoms in total. The fraction of sp³-hybridized carbons (Fsp3) is 0.0625. The number of para-hydroxylation sites is 2. The van der Waals surface area contributed by atoms with Crippen molar-refractivity contribution in [2.24, 2.45) is 0 Å². The van der Waals surface area contributed by atoms with Gasteiger partial charge in [-0.1, -0.05) is 42.5 Å². The first kappa shape index (κ1) is 12.8. The van der Waals surface area contributed by atoms with E-state index < -0.39 is 5.56 Å². The van der Waals surface area contributed by atoms with Gasteiger partial charge >= 0.3 is 0 Å². The number of anilines is 1. The molecule has 0 spiro atoms. The van der Waals surface area contributed by atoms with Crippen LogP contribution in [-0.4, -0.2) is 11.5 Å². The van der Waals surface area contributed by atoms with E-state index in [1.807, 2.05) is 54.6 Å². The summed E-state index contributed by atoms with van der Waals surface area (Å²) in [5.74, 6) is 0.521. The highest BCUT2D eigenvalue weighted by atomic mass is 32.1. The summed E-state index contributed by atoms with van der Waals surface area (Å²) in [5.41, 5.74) is 1.14. The molecule has 0 saturated heterocycles. The Labute approximate surface area is 122 Å². The number of thiol groups is 1. The quantitative estimate of drug-likeness (QED) is 0.676. The summed E-state index contributed by atoms with van der Waals surface area (Å²) in [5, 5.41) is 0. The molecule has 0 aliphatic carbocycles. The van der Waals surface area contributed by atoms with Crippen molar-refractivity contribution in [2.75, 3.05) is 4.90 Å². The van der Waals surface area contributed by atoms with Gasteiger partial charge in [0.25, 0.3) is 5.91 Å².